The van der Waals surface area contributed by atoms with E-state index in [9.17, 15) is 4.79 Å². The Morgan fingerprint density at radius 3 is 2.81 bits per heavy atom. The Morgan fingerprint density at radius 1 is 1.48 bits per heavy atom. The summed E-state index contributed by atoms with van der Waals surface area (Å²) in [7, 11) is 4.09. The average Bonchev–Trinajstić information content (AvgIpc) is 2.92. The number of amides is 2. The Labute approximate surface area is 129 Å². The van der Waals surface area contributed by atoms with E-state index in [4.69, 9.17) is 5.26 Å². The monoisotopic (exact) mass is 304 g/mol. The van der Waals surface area contributed by atoms with Crippen molar-refractivity contribution in [2.24, 2.45) is 0 Å². The zero-order valence-corrected chi connectivity index (χ0v) is 13.4. The third kappa shape index (κ3) is 3.69. The van der Waals surface area contributed by atoms with Gasteiger partial charge in [0.1, 0.15) is 0 Å². The minimum atomic E-state index is -0.103. The topological polar surface area (TPSA) is 59.4 Å². The minimum Gasteiger partial charge on any atom is -0.322 e. The number of rotatable bonds is 3. The number of nitrogens with zero attached hydrogens (tertiary/aromatic N) is 3. The first-order valence-corrected chi connectivity index (χ1v) is 8.09. The first kappa shape index (κ1) is 15.7. The van der Waals surface area contributed by atoms with Gasteiger partial charge in [-0.05, 0) is 38.6 Å². The van der Waals surface area contributed by atoms with E-state index in [0.29, 0.717) is 22.5 Å². The molecule has 5 nitrogen and oxygen atoms in total. The smallest absolute Gasteiger partial charge is 0.321 e. The third-order valence-corrected chi connectivity index (χ3v) is 4.80. The average molecular weight is 304 g/mol. The van der Waals surface area contributed by atoms with Crippen LogP contribution in [-0.4, -0.2) is 60.6 Å². The molecule has 2 rings (SSSR count). The van der Waals surface area contributed by atoms with Crippen LogP contribution in [-0.2, 0) is 0 Å². The maximum Gasteiger partial charge on any atom is 0.321 e. The van der Waals surface area contributed by atoms with Crippen LogP contribution in [0.4, 0.5) is 10.5 Å². The second-order valence-electron chi connectivity index (χ2n) is 5.33. The number of nitriles is 1. The van der Waals surface area contributed by atoms with Crippen molar-refractivity contribution in [1.29, 1.82) is 5.26 Å². The van der Waals surface area contributed by atoms with Crippen LogP contribution < -0.4 is 5.32 Å². The van der Waals surface area contributed by atoms with Crippen molar-refractivity contribution in [3.05, 3.63) is 29.8 Å². The van der Waals surface area contributed by atoms with Gasteiger partial charge in [-0.3, -0.25) is 0 Å². The van der Waals surface area contributed by atoms with Crippen molar-refractivity contribution < 1.29 is 4.79 Å². The number of thioether (sulfide) groups is 1. The molecule has 6 heteroatoms. The SMILES string of the molecule is CS[C@H]1CN(C(=O)Nc2cccc(C#N)c2)C[C@H]1N(C)C. The van der Waals surface area contributed by atoms with Gasteiger partial charge in [-0.2, -0.15) is 17.0 Å². The molecule has 2 atom stereocenters. The largest absolute Gasteiger partial charge is 0.322 e. The highest BCUT2D eigenvalue weighted by atomic mass is 32.2. The number of hydrogen-bond donors (Lipinski definition) is 1. The van der Waals surface area contributed by atoms with Gasteiger partial charge in [0.25, 0.3) is 0 Å². The summed E-state index contributed by atoms with van der Waals surface area (Å²) >= 11 is 1.80. The summed E-state index contributed by atoms with van der Waals surface area (Å²) < 4.78 is 0. The maximum absolute atomic E-state index is 12.3. The second-order valence-corrected chi connectivity index (χ2v) is 6.41. The highest BCUT2D eigenvalue weighted by Gasteiger charge is 2.35. The van der Waals surface area contributed by atoms with E-state index in [2.05, 4.69) is 22.5 Å². The zero-order chi connectivity index (χ0) is 15.4. The van der Waals surface area contributed by atoms with Gasteiger partial charge in [0, 0.05) is 30.1 Å². The molecule has 0 saturated carbocycles. The molecule has 1 aliphatic rings. The standard InChI is InChI=1S/C15H20N4OS/c1-18(2)13-9-19(10-14(13)21-3)15(20)17-12-6-4-5-11(7-12)8-16/h4-7,13-14H,9-10H2,1-3H3,(H,17,20)/t13-,14+/m1/s1. The molecular weight excluding hydrogens is 284 g/mol. The fourth-order valence-corrected chi connectivity index (χ4v) is 3.49. The van der Waals surface area contributed by atoms with Crippen LogP contribution in [0, 0.1) is 11.3 Å². The van der Waals surface area contributed by atoms with Crippen molar-refractivity contribution in [1.82, 2.24) is 9.80 Å². The lowest BCUT2D eigenvalue weighted by Crippen LogP contribution is -2.38. The molecular formula is C15H20N4OS. The summed E-state index contributed by atoms with van der Waals surface area (Å²) in [6.07, 6.45) is 2.08. The molecule has 0 aromatic heterocycles. The van der Waals surface area contributed by atoms with E-state index in [1.807, 2.05) is 19.0 Å². The lowest BCUT2D eigenvalue weighted by Gasteiger charge is -2.23. The Kier molecular flexibility index (Phi) is 5.10. The van der Waals surface area contributed by atoms with Gasteiger partial charge in [0.15, 0.2) is 0 Å². The van der Waals surface area contributed by atoms with Crippen molar-refractivity contribution in [2.75, 3.05) is 38.8 Å². The summed E-state index contributed by atoms with van der Waals surface area (Å²) in [5, 5.41) is 12.2. The van der Waals surface area contributed by atoms with E-state index < -0.39 is 0 Å². The number of likely N-dealkylation sites (N-methyl/N-ethyl adjacent to an activating group) is 1. The Morgan fingerprint density at radius 2 is 2.24 bits per heavy atom. The summed E-state index contributed by atoms with van der Waals surface area (Å²) in [5.74, 6) is 0. The quantitative estimate of drug-likeness (QED) is 0.928. The highest BCUT2D eigenvalue weighted by Crippen LogP contribution is 2.24. The number of carbonyl (C=O) groups excluding carboxylic acids is 1. The Balaban J connectivity index is 2.02. The highest BCUT2D eigenvalue weighted by molar-refractivity contribution is 7.99. The lowest BCUT2D eigenvalue weighted by molar-refractivity contribution is 0.216. The predicted octanol–water partition coefficient (Wildman–Crippen LogP) is 2.07. The van der Waals surface area contributed by atoms with Crippen molar-refractivity contribution >= 4 is 23.5 Å². The first-order valence-electron chi connectivity index (χ1n) is 6.80. The molecule has 1 aromatic rings. The Bertz CT molecular complexity index is 555. The van der Waals surface area contributed by atoms with Crippen LogP contribution in [0.5, 0.6) is 0 Å². The molecule has 0 aliphatic carbocycles. The fraction of sp³-hybridized carbons (Fsp3) is 0.467. The summed E-state index contributed by atoms with van der Waals surface area (Å²) in [6, 6.07) is 9.31. The van der Waals surface area contributed by atoms with E-state index in [0.717, 1.165) is 13.1 Å². The molecule has 1 saturated heterocycles. The molecule has 112 valence electrons. The van der Waals surface area contributed by atoms with Gasteiger partial charge in [-0.1, -0.05) is 6.07 Å². The fourth-order valence-electron chi connectivity index (χ4n) is 2.52. The normalized spacial score (nSPS) is 21.4. The van der Waals surface area contributed by atoms with Crippen molar-refractivity contribution in [2.45, 2.75) is 11.3 Å². The zero-order valence-electron chi connectivity index (χ0n) is 12.5. The van der Waals surface area contributed by atoms with Gasteiger partial charge < -0.3 is 15.1 Å². The first-order chi connectivity index (χ1) is 10.0. The number of benzene rings is 1. The number of anilines is 1. The maximum atomic E-state index is 12.3. The summed E-state index contributed by atoms with van der Waals surface area (Å²) in [6.45, 7) is 1.47. The third-order valence-electron chi connectivity index (χ3n) is 3.73. The molecule has 1 fully saturated rings. The van der Waals surface area contributed by atoms with Crippen LogP contribution in [0.3, 0.4) is 0 Å². The summed E-state index contributed by atoms with van der Waals surface area (Å²) in [5.41, 5.74) is 1.20. The molecule has 0 bridgehead atoms. The molecule has 1 N–H and O–H groups in total. The number of hydrogen-bond acceptors (Lipinski definition) is 4. The van der Waals surface area contributed by atoms with E-state index in [1.54, 1.807) is 36.0 Å². The number of carbonyl (C=O) groups is 1. The van der Waals surface area contributed by atoms with Gasteiger partial charge in [0.2, 0.25) is 0 Å². The molecule has 1 aliphatic heterocycles. The predicted molar refractivity (Wildman–Crippen MR) is 86.5 cm³/mol. The van der Waals surface area contributed by atoms with E-state index in [1.165, 1.54) is 0 Å². The van der Waals surface area contributed by atoms with Crippen LogP contribution in [0.2, 0.25) is 0 Å². The number of urea groups is 1. The molecule has 1 heterocycles. The van der Waals surface area contributed by atoms with Crippen molar-refractivity contribution in [3.8, 4) is 6.07 Å². The van der Waals surface area contributed by atoms with Gasteiger partial charge in [-0.25, -0.2) is 4.79 Å². The number of nitrogens with one attached hydrogen (secondary N) is 1. The van der Waals surface area contributed by atoms with Gasteiger partial charge in [0.05, 0.1) is 11.6 Å². The van der Waals surface area contributed by atoms with Crippen molar-refractivity contribution in [3.63, 3.8) is 0 Å². The van der Waals surface area contributed by atoms with Gasteiger partial charge in [-0.15, -0.1) is 0 Å². The summed E-state index contributed by atoms with van der Waals surface area (Å²) in [4.78, 5) is 16.4. The van der Waals surface area contributed by atoms with Crippen LogP contribution in [0.1, 0.15) is 5.56 Å². The second kappa shape index (κ2) is 6.83. The van der Waals surface area contributed by atoms with Crippen LogP contribution in [0.15, 0.2) is 24.3 Å². The Hall–Kier alpha value is -1.71. The molecule has 2 amide bonds. The van der Waals surface area contributed by atoms with Gasteiger partial charge >= 0.3 is 6.03 Å². The van der Waals surface area contributed by atoms with Crippen LogP contribution in [0.25, 0.3) is 0 Å². The minimum absolute atomic E-state index is 0.103. The molecule has 21 heavy (non-hydrogen) atoms. The molecule has 0 unspecified atom stereocenters. The number of likely N-dealkylation sites (tertiary alicyclic amines) is 1. The molecule has 0 spiro atoms. The molecule has 1 aromatic carbocycles. The van der Waals surface area contributed by atoms with E-state index >= 15 is 0 Å². The molecule has 0 radical (unpaired) electrons. The lowest BCUT2D eigenvalue weighted by atomic mass is 10.2. The van der Waals surface area contributed by atoms with E-state index in [-0.39, 0.29) is 6.03 Å². The van der Waals surface area contributed by atoms with Crippen LogP contribution >= 0.6 is 11.8 Å².